The van der Waals surface area contributed by atoms with E-state index in [0.717, 1.165) is 6.92 Å². The van der Waals surface area contributed by atoms with Gasteiger partial charge in [-0.1, -0.05) is 0 Å². The van der Waals surface area contributed by atoms with Gasteiger partial charge >= 0.3 is 146 Å². The first-order valence-corrected chi connectivity index (χ1v) is 10.6. The summed E-state index contributed by atoms with van der Waals surface area (Å²) in [6, 6.07) is 8.43. The Morgan fingerprint density at radius 1 is 1.29 bits per heavy atom. The number of ketones is 1. The number of amides is 1. The molecule has 2 N–H and O–H groups in total. The van der Waals surface area contributed by atoms with Crippen LogP contribution in [0.2, 0.25) is 4.71 Å². The molecule has 2 rings (SSSR count). The van der Waals surface area contributed by atoms with Crippen LogP contribution in [0.3, 0.4) is 0 Å². The molecule has 0 bridgehead atoms. The van der Waals surface area contributed by atoms with Gasteiger partial charge in [0.1, 0.15) is 0 Å². The first-order valence-electron chi connectivity index (χ1n) is 6.79. The number of hydroxylamine groups is 1. The van der Waals surface area contributed by atoms with E-state index in [4.69, 9.17) is 21.3 Å². The maximum atomic E-state index is 12.6. The number of carbonyl (C=O) groups is 2. The third-order valence-electron chi connectivity index (χ3n) is 3.14. The number of hydrogen-bond acceptors (Lipinski definition) is 7. The third kappa shape index (κ3) is 3.98. The fraction of sp³-hybridized carbons (Fsp3) is 0.133. The molecule has 9 heteroatoms. The summed E-state index contributed by atoms with van der Waals surface area (Å²) in [5, 5.41) is 9.00. The Morgan fingerprint density at radius 3 is 2.54 bits per heavy atom. The fourth-order valence-corrected chi connectivity index (χ4v) is 5.53. The standard InChI is InChI=1S/C15H14AsNO6S/c1-10(18)17-22-16(20,23-21)13-9-5-8-12(15(13)24)14(19)11-6-3-2-4-7-11/h2-9,13,21H,1H3,(H,17,18). The Hall–Kier alpha value is -1.83. The van der Waals surface area contributed by atoms with E-state index in [9.17, 15) is 13.3 Å². The predicted octanol–water partition coefficient (Wildman–Crippen LogP) is 2.03. The number of benzene rings is 1. The molecular weight excluding hydrogens is 397 g/mol. The van der Waals surface area contributed by atoms with Gasteiger partial charge in [0.15, 0.2) is 0 Å². The molecule has 126 valence electrons. The van der Waals surface area contributed by atoms with Crippen molar-refractivity contribution in [2.45, 2.75) is 11.6 Å². The number of thiocarbonyl (C=S) groups is 1. The van der Waals surface area contributed by atoms with Gasteiger partial charge in [-0.05, 0) is 0 Å². The second kappa shape index (κ2) is 7.83. The van der Waals surface area contributed by atoms with E-state index in [1.165, 1.54) is 18.2 Å². The molecule has 0 spiro atoms. The quantitative estimate of drug-likeness (QED) is 0.243. The van der Waals surface area contributed by atoms with E-state index in [2.05, 4.69) is 3.88 Å². The summed E-state index contributed by atoms with van der Waals surface area (Å²) >= 11 is 0.258. The zero-order valence-corrected chi connectivity index (χ0v) is 15.2. The number of allylic oxidation sites excluding steroid dienone is 4. The average Bonchev–Trinajstić information content (AvgIpc) is 2.60. The first-order chi connectivity index (χ1) is 11.4. The van der Waals surface area contributed by atoms with Crippen LogP contribution in [-0.4, -0.2) is 36.0 Å². The summed E-state index contributed by atoms with van der Waals surface area (Å²) in [7, 11) is 0. The van der Waals surface area contributed by atoms with E-state index in [1.54, 1.807) is 30.3 Å². The van der Waals surface area contributed by atoms with E-state index >= 15 is 0 Å². The van der Waals surface area contributed by atoms with E-state index in [1.807, 2.05) is 5.48 Å². The molecule has 1 aromatic carbocycles. The summed E-state index contributed by atoms with van der Waals surface area (Å²) in [4.78, 5) is 23.5. The van der Waals surface area contributed by atoms with Crippen LogP contribution in [0.4, 0.5) is 0 Å². The molecule has 0 aliphatic heterocycles. The molecule has 1 aromatic rings. The summed E-state index contributed by atoms with van der Waals surface area (Å²) in [6.07, 6.45) is 4.35. The molecule has 0 saturated carbocycles. The van der Waals surface area contributed by atoms with Gasteiger partial charge in [0.25, 0.3) is 0 Å². The molecule has 7 nitrogen and oxygen atoms in total. The molecule has 2 unspecified atom stereocenters. The molecule has 0 aromatic heterocycles. The predicted molar refractivity (Wildman–Crippen MR) is 89.4 cm³/mol. The van der Waals surface area contributed by atoms with Gasteiger partial charge in [0.05, 0.1) is 0 Å². The van der Waals surface area contributed by atoms with Crippen molar-refractivity contribution >= 4 is 42.9 Å². The van der Waals surface area contributed by atoms with Crippen LogP contribution in [0.15, 0.2) is 54.1 Å². The second-order valence-electron chi connectivity index (χ2n) is 4.84. The number of Topliss-reactive ketones (excluding diaryl/α,β-unsaturated/α-hetero) is 1. The topological polar surface area (TPSA) is 102 Å². The summed E-state index contributed by atoms with van der Waals surface area (Å²) in [6.45, 7) is 1.14. The Morgan fingerprint density at radius 2 is 1.96 bits per heavy atom. The van der Waals surface area contributed by atoms with Crippen molar-refractivity contribution in [2.24, 2.45) is 0 Å². The molecule has 0 radical (unpaired) electrons. The third-order valence-corrected chi connectivity index (χ3v) is 7.53. The van der Waals surface area contributed by atoms with Gasteiger partial charge in [-0.2, -0.15) is 0 Å². The van der Waals surface area contributed by atoms with Crippen LogP contribution in [0.1, 0.15) is 17.3 Å². The number of hydrogen-bond donors (Lipinski definition) is 2. The summed E-state index contributed by atoms with van der Waals surface area (Å²) in [5.74, 6) is -0.981. The monoisotopic (exact) mass is 411 g/mol. The minimum atomic E-state index is -4.98. The average molecular weight is 411 g/mol. The SMILES string of the molecule is CC(=O)NO[As](=O)(OO)C1C=CC=C(C(=O)c2ccccc2)C1=S. The van der Waals surface area contributed by atoms with Crippen molar-refractivity contribution in [2.75, 3.05) is 0 Å². The van der Waals surface area contributed by atoms with Gasteiger partial charge in [-0.15, -0.1) is 0 Å². The molecule has 1 amide bonds. The number of rotatable bonds is 6. The van der Waals surface area contributed by atoms with Crippen molar-refractivity contribution in [1.82, 2.24) is 5.48 Å². The molecule has 0 saturated heterocycles. The summed E-state index contributed by atoms with van der Waals surface area (Å²) in [5.41, 5.74) is 2.43. The van der Waals surface area contributed by atoms with Crippen LogP contribution in [0.25, 0.3) is 0 Å². The van der Waals surface area contributed by atoms with Crippen LogP contribution in [0, 0.1) is 0 Å². The van der Waals surface area contributed by atoms with Gasteiger partial charge in [0, 0.05) is 0 Å². The van der Waals surface area contributed by atoms with Crippen LogP contribution in [-0.2, 0) is 16.2 Å². The molecule has 2 atom stereocenters. The molecule has 24 heavy (non-hydrogen) atoms. The summed E-state index contributed by atoms with van der Waals surface area (Å²) < 4.78 is 20.3. The van der Waals surface area contributed by atoms with Crippen LogP contribution < -0.4 is 5.48 Å². The van der Waals surface area contributed by atoms with Gasteiger partial charge in [-0.3, -0.25) is 0 Å². The van der Waals surface area contributed by atoms with E-state index in [0.29, 0.717) is 5.56 Å². The van der Waals surface area contributed by atoms with E-state index < -0.39 is 24.8 Å². The molecule has 0 fully saturated rings. The molecule has 1 aliphatic rings. The van der Waals surface area contributed by atoms with Gasteiger partial charge in [0.2, 0.25) is 0 Å². The Kier molecular flexibility index (Phi) is 6.04. The number of carbonyl (C=O) groups excluding carboxylic acids is 2. The minimum absolute atomic E-state index is 0.00764. The second-order valence-corrected chi connectivity index (χ2v) is 9.44. The Labute approximate surface area is 146 Å². The normalized spacial score (nSPS) is 19.3. The Bertz CT molecular complexity index is 773. The van der Waals surface area contributed by atoms with Crippen molar-refractivity contribution in [3.05, 3.63) is 59.7 Å². The fourth-order valence-electron chi connectivity index (χ4n) is 2.02. The zero-order valence-electron chi connectivity index (χ0n) is 12.5. The number of nitrogens with one attached hydrogen (secondary N) is 1. The van der Waals surface area contributed by atoms with Crippen molar-refractivity contribution < 1.29 is 26.3 Å². The molecule has 1 aliphatic carbocycles. The Balaban J connectivity index is 2.28. The van der Waals surface area contributed by atoms with Crippen LogP contribution >= 0.6 is 12.2 Å². The van der Waals surface area contributed by atoms with Crippen molar-refractivity contribution in [3.8, 4) is 0 Å². The zero-order chi connectivity index (χ0) is 17.7. The van der Waals surface area contributed by atoms with Gasteiger partial charge < -0.3 is 0 Å². The van der Waals surface area contributed by atoms with Crippen LogP contribution in [0.5, 0.6) is 0 Å². The molecule has 0 heterocycles. The van der Waals surface area contributed by atoms with Crippen molar-refractivity contribution in [3.63, 3.8) is 0 Å². The molecular formula is C15H14AsNO6S. The maximum absolute atomic E-state index is 12.6. The van der Waals surface area contributed by atoms with Crippen molar-refractivity contribution in [1.29, 1.82) is 0 Å². The van der Waals surface area contributed by atoms with E-state index in [-0.39, 0.29) is 16.2 Å². The van der Waals surface area contributed by atoms with Gasteiger partial charge in [-0.25, -0.2) is 0 Å². The first kappa shape index (κ1) is 18.5.